The Balaban J connectivity index is 2.20. The molecule has 1 aromatic carbocycles. The van der Waals surface area contributed by atoms with Crippen LogP contribution in [0.15, 0.2) is 40.3 Å². The van der Waals surface area contributed by atoms with E-state index < -0.39 is 5.97 Å². The number of nitrogens with zero attached hydrogens (tertiary/aromatic N) is 1. The quantitative estimate of drug-likeness (QED) is 0.827. The van der Waals surface area contributed by atoms with Crippen LogP contribution in [0.4, 0.5) is 0 Å². The Labute approximate surface area is 133 Å². The maximum Gasteiger partial charge on any atom is 0.338 e. The lowest BCUT2D eigenvalue weighted by Gasteiger charge is -2.09. The van der Waals surface area contributed by atoms with E-state index in [9.17, 15) is 9.90 Å². The second kappa shape index (κ2) is 7.00. The molecule has 0 saturated carbocycles. The van der Waals surface area contributed by atoms with Crippen molar-refractivity contribution in [3.05, 3.63) is 52.7 Å². The third-order valence-electron chi connectivity index (χ3n) is 3.06. The number of carboxylic acid groups (broad SMARTS) is 1. The van der Waals surface area contributed by atoms with Crippen molar-refractivity contribution in [3.63, 3.8) is 0 Å². The van der Waals surface area contributed by atoms with Crippen molar-refractivity contribution in [1.29, 1.82) is 0 Å². The van der Waals surface area contributed by atoms with Crippen molar-refractivity contribution in [2.45, 2.75) is 29.5 Å². The number of rotatable bonds is 5. The van der Waals surface area contributed by atoms with Gasteiger partial charge in [-0.2, -0.15) is 0 Å². The summed E-state index contributed by atoms with van der Waals surface area (Å²) < 4.78 is 0. The highest BCUT2D eigenvalue weighted by Crippen LogP contribution is 2.28. The maximum absolute atomic E-state index is 11.4. The largest absolute Gasteiger partial charge is 0.478 e. The molecule has 0 radical (unpaired) electrons. The van der Waals surface area contributed by atoms with Gasteiger partial charge in [0.05, 0.1) is 5.56 Å². The monoisotopic (exact) mass is 319 g/mol. The van der Waals surface area contributed by atoms with Gasteiger partial charge in [-0.15, -0.1) is 23.5 Å². The second-order valence-electron chi connectivity index (χ2n) is 4.70. The highest BCUT2D eigenvalue weighted by atomic mass is 32.2. The Bertz CT molecular complexity index is 654. The molecule has 2 rings (SSSR count). The van der Waals surface area contributed by atoms with Crippen molar-refractivity contribution in [2.75, 3.05) is 6.26 Å². The molecule has 0 fully saturated rings. The van der Waals surface area contributed by atoms with Gasteiger partial charge in [0.1, 0.15) is 5.03 Å². The number of pyridine rings is 1. The van der Waals surface area contributed by atoms with E-state index in [0.717, 1.165) is 16.8 Å². The summed E-state index contributed by atoms with van der Waals surface area (Å²) in [5, 5.41) is 9.94. The van der Waals surface area contributed by atoms with Crippen LogP contribution in [0.3, 0.4) is 0 Å². The number of hydrogen-bond donors (Lipinski definition) is 1. The molecule has 110 valence electrons. The highest BCUT2D eigenvalue weighted by molar-refractivity contribution is 7.98. The first-order valence-electron chi connectivity index (χ1n) is 6.48. The summed E-state index contributed by atoms with van der Waals surface area (Å²) in [5.74, 6) is -0.203. The molecule has 0 bridgehead atoms. The van der Waals surface area contributed by atoms with Gasteiger partial charge in [-0.3, -0.25) is 0 Å². The first-order valence-corrected chi connectivity index (χ1v) is 8.69. The van der Waals surface area contributed by atoms with Crippen LogP contribution in [0.5, 0.6) is 0 Å². The Morgan fingerprint density at radius 1 is 1.24 bits per heavy atom. The van der Waals surface area contributed by atoms with Crippen LogP contribution >= 0.6 is 23.5 Å². The number of thioether (sulfide) groups is 2. The molecule has 1 heterocycles. The fourth-order valence-corrected chi connectivity index (χ4v) is 3.55. The van der Waals surface area contributed by atoms with E-state index in [4.69, 9.17) is 0 Å². The zero-order valence-corrected chi connectivity index (χ0v) is 13.8. The average Bonchev–Trinajstić information content (AvgIpc) is 2.44. The fraction of sp³-hybridized carbons (Fsp3) is 0.250. The van der Waals surface area contributed by atoms with E-state index in [0.29, 0.717) is 16.3 Å². The lowest BCUT2D eigenvalue weighted by Crippen LogP contribution is -2.05. The van der Waals surface area contributed by atoms with Gasteiger partial charge in [0.25, 0.3) is 0 Å². The van der Waals surface area contributed by atoms with Gasteiger partial charge in [0.15, 0.2) is 0 Å². The molecular weight excluding hydrogens is 302 g/mol. The summed E-state index contributed by atoms with van der Waals surface area (Å²) in [5.41, 5.74) is 3.08. The number of aromatic nitrogens is 1. The third kappa shape index (κ3) is 4.02. The molecule has 0 spiro atoms. The van der Waals surface area contributed by atoms with Gasteiger partial charge in [0, 0.05) is 16.3 Å². The van der Waals surface area contributed by atoms with Crippen LogP contribution in [-0.2, 0) is 5.75 Å². The minimum atomic E-state index is -0.916. The molecule has 0 atom stereocenters. The summed E-state index contributed by atoms with van der Waals surface area (Å²) >= 11 is 3.18. The van der Waals surface area contributed by atoms with Gasteiger partial charge < -0.3 is 5.11 Å². The van der Waals surface area contributed by atoms with Crippen molar-refractivity contribution in [2.24, 2.45) is 0 Å². The Morgan fingerprint density at radius 2 is 1.90 bits per heavy atom. The molecule has 0 aliphatic carbocycles. The molecule has 1 aromatic heterocycles. The van der Waals surface area contributed by atoms with E-state index in [1.807, 2.05) is 20.1 Å². The molecule has 5 heteroatoms. The maximum atomic E-state index is 11.4. The molecule has 21 heavy (non-hydrogen) atoms. The van der Waals surface area contributed by atoms with Crippen LogP contribution in [0.1, 0.15) is 27.2 Å². The van der Waals surface area contributed by atoms with Crippen LogP contribution in [0.2, 0.25) is 0 Å². The average molecular weight is 319 g/mol. The first kappa shape index (κ1) is 15.9. The van der Waals surface area contributed by atoms with E-state index in [-0.39, 0.29) is 0 Å². The van der Waals surface area contributed by atoms with Crippen LogP contribution in [-0.4, -0.2) is 22.3 Å². The predicted octanol–water partition coefficient (Wildman–Crippen LogP) is 4.41. The van der Waals surface area contributed by atoms with Gasteiger partial charge >= 0.3 is 5.97 Å². The summed E-state index contributed by atoms with van der Waals surface area (Å²) in [7, 11) is 0. The molecule has 0 aliphatic heterocycles. The molecule has 0 aliphatic rings. The number of aryl methyl sites for hydroxylation is 2. The van der Waals surface area contributed by atoms with Crippen molar-refractivity contribution < 1.29 is 9.90 Å². The fourth-order valence-electron chi connectivity index (χ4n) is 2.04. The van der Waals surface area contributed by atoms with E-state index >= 15 is 0 Å². The lowest BCUT2D eigenvalue weighted by molar-refractivity contribution is 0.0691. The smallest absolute Gasteiger partial charge is 0.338 e. The van der Waals surface area contributed by atoms with Gasteiger partial charge in [0.2, 0.25) is 0 Å². The van der Waals surface area contributed by atoms with Gasteiger partial charge in [-0.25, -0.2) is 9.78 Å². The standard InChI is InChI=1S/C16H17NO2S2/c1-10-8-11(2)17-15(14(10)16(18)19)21-9-12-4-6-13(20-3)7-5-12/h4-8H,9H2,1-3H3,(H,18,19). The van der Waals surface area contributed by atoms with Gasteiger partial charge in [-0.1, -0.05) is 12.1 Å². The topological polar surface area (TPSA) is 50.2 Å². The van der Waals surface area contributed by atoms with Crippen molar-refractivity contribution in [1.82, 2.24) is 4.98 Å². The molecule has 1 N–H and O–H groups in total. The molecule has 2 aromatic rings. The van der Waals surface area contributed by atoms with Crippen LogP contribution in [0, 0.1) is 13.8 Å². The second-order valence-corrected chi connectivity index (χ2v) is 6.55. The number of benzene rings is 1. The molecule has 3 nitrogen and oxygen atoms in total. The molecule has 0 amide bonds. The normalized spacial score (nSPS) is 10.6. The van der Waals surface area contributed by atoms with E-state index in [1.165, 1.54) is 16.7 Å². The SMILES string of the molecule is CSc1ccc(CSc2nc(C)cc(C)c2C(=O)O)cc1. The number of carbonyl (C=O) groups is 1. The minimum Gasteiger partial charge on any atom is -0.478 e. The summed E-state index contributed by atoms with van der Waals surface area (Å²) in [4.78, 5) is 17.0. The Hall–Kier alpha value is -1.46. The first-order chi connectivity index (χ1) is 10.0. The summed E-state index contributed by atoms with van der Waals surface area (Å²) in [6, 6.07) is 10.1. The van der Waals surface area contributed by atoms with Crippen LogP contribution < -0.4 is 0 Å². The Morgan fingerprint density at radius 3 is 2.48 bits per heavy atom. The summed E-state index contributed by atoms with van der Waals surface area (Å²) in [6.07, 6.45) is 2.04. The van der Waals surface area contributed by atoms with Crippen molar-refractivity contribution in [3.8, 4) is 0 Å². The van der Waals surface area contributed by atoms with Crippen molar-refractivity contribution >= 4 is 29.5 Å². The lowest BCUT2D eigenvalue weighted by atomic mass is 10.1. The van der Waals surface area contributed by atoms with E-state index in [2.05, 4.69) is 29.2 Å². The Kier molecular flexibility index (Phi) is 5.31. The summed E-state index contributed by atoms with van der Waals surface area (Å²) in [6.45, 7) is 3.70. The molecule has 0 saturated heterocycles. The van der Waals surface area contributed by atoms with E-state index in [1.54, 1.807) is 17.8 Å². The zero-order valence-electron chi connectivity index (χ0n) is 12.2. The number of aromatic carboxylic acids is 1. The third-order valence-corrected chi connectivity index (χ3v) is 4.85. The number of carboxylic acids is 1. The zero-order chi connectivity index (χ0) is 15.4. The predicted molar refractivity (Wildman–Crippen MR) is 88.5 cm³/mol. The minimum absolute atomic E-state index is 0.311. The van der Waals surface area contributed by atoms with Crippen LogP contribution in [0.25, 0.3) is 0 Å². The highest BCUT2D eigenvalue weighted by Gasteiger charge is 2.16. The molecular formula is C16H17NO2S2. The molecule has 0 unspecified atom stereocenters. The number of hydrogen-bond acceptors (Lipinski definition) is 4. The van der Waals surface area contributed by atoms with Gasteiger partial charge in [-0.05, 0) is 49.4 Å².